The second-order valence-corrected chi connectivity index (χ2v) is 4.66. The molecule has 0 atom stereocenters. The van der Waals surface area contributed by atoms with Gasteiger partial charge in [-0.25, -0.2) is 0 Å². The van der Waals surface area contributed by atoms with Crippen molar-refractivity contribution in [3.05, 3.63) is 53.0 Å². The van der Waals surface area contributed by atoms with Crippen LogP contribution in [0.2, 0.25) is 0 Å². The van der Waals surface area contributed by atoms with Gasteiger partial charge in [-0.05, 0) is 36.2 Å². The normalized spacial score (nSPS) is 13.4. The molecule has 0 saturated heterocycles. The standard InChI is InChI=1S/C15H17NO2/c1-11-2-4-14(18-11)10-16-9-12-3-5-15-13(8-12)6-7-17-15/h2-5,8,16H,6-7,9-10H2,1H3. The van der Waals surface area contributed by atoms with Crippen LogP contribution in [-0.2, 0) is 19.5 Å². The Bertz CT molecular complexity index is 545. The van der Waals surface area contributed by atoms with E-state index in [0.29, 0.717) is 0 Å². The molecular weight excluding hydrogens is 226 g/mol. The first kappa shape index (κ1) is 11.4. The minimum absolute atomic E-state index is 0.765. The van der Waals surface area contributed by atoms with Crippen molar-refractivity contribution in [2.24, 2.45) is 0 Å². The van der Waals surface area contributed by atoms with Crippen LogP contribution in [0.5, 0.6) is 5.75 Å². The van der Waals surface area contributed by atoms with Crippen LogP contribution < -0.4 is 10.1 Å². The molecule has 1 aromatic carbocycles. The Kier molecular flexibility index (Phi) is 3.07. The van der Waals surface area contributed by atoms with Gasteiger partial charge in [0.05, 0.1) is 13.2 Å². The zero-order valence-electron chi connectivity index (χ0n) is 10.5. The quantitative estimate of drug-likeness (QED) is 0.896. The third kappa shape index (κ3) is 2.41. The molecule has 0 spiro atoms. The van der Waals surface area contributed by atoms with E-state index in [9.17, 15) is 0 Å². The lowest BCUT2D eigenvalue weighted by Crippen LogP contribution is -2.12. The van der Waals surface area contributed by atoms with E-state index < -0.39 is 0 Å². The minimum atomic E-state index is 0.765. The van der Waals surface area contributed by atoms with Gasteiger partial charge in [0.1, 0.15) is 17.3 Å². The van der Waals surface area contributed by atoms with Crippen LogP contribution in [0.15, 0.2) is 34.7 Å². The van der Waals surface area contributed by atoms with Gasteiger partial charge in [0.25, 0.3) is 0 Å². The first-order valence-corrected chi connectivity index (χ1v) is 6.32. The Morgan fingerprint density at radius 3 is 2.94 bits per heavy atom. The zero-order chi connectivity index (χ0) is 12.4. The number of nitrogens with one attached hydrogen (secondary N) is 1. The average Bonchev–Trinajstić information content (AvgIpc) is 2.97. The summed E-state index contributed by atoms with van der Waals surface area (Å²) in [5, 5.41) is 3.39. The highest BCUT2D eigenvalue weighted by atomic mass is 16.5. The molecule has 1 N–H and O–H groups in total. The third-order valence-electron chi connectivity index (χ3n) is 3.18. The van der Waals surface area contributed by atoms with Crippen LogP contribution >= 0.6 is 0 Å². The maximum absolute atomic E-state index is 5.51. The van der Waals surface area contributed by atoms with Crippen molar-refractivity contribution in [2.75, 3.05) is 6.61 Å². The molecule has 1 aromatic heterocycles. The van der Waals surface area contributed by atoms with Gasteiger partial charge in [0.15, 0.2) is 0 Å². The Morgan fingerprint density at radius 2 is 2.11 bits per heavy atom. The molecule has 1 aliphatic rings. The van der Waals surface area contributed by atoms with Gasteiger partial charge in [-0.2, -0.15) is 0 Å². The van der Waals surface area contributed by atoms with Crippen LogP contribution in [0, 0.1) is 6.92 Å². The highest BCUT2D eigenvalue weighted by molar-refractivity contribution is 5.39. The molecule has 3 rings (SSSR count). The van der Waals surface area contributed by atoms with Gasteiger partial charge in [0.2, 0.25) is 0 Å². The predicted molar refractivity (Wildman–Crippen MR) is 69.6 cm³/mol. The summed E-state index contributed by atoms with van der Waals surface area (Å²) < 4.78 is 11.0. The number of hydrogen-bond donors (Lipinski definition) is 1. The number of ether oxygens (including phenoxy) is 1. The highest BCUT2D eigenvalue weighted by Gasteiger charge is 2.11. The van der Waals surface area contributed by atoms with Gasteiger partial charge in [0, 0.05) is 13.0 Å². The second-order valence-electron chi connectivity index (χ2n) is 4.66. The van der Waals surface area contributed by atoms with Gasteiger partial charge in [-0.3, -0.25) is 0 Å². The molecule has 1 aliphatic heterocycles. The summed E-state index contributed by atoms with van der Waals surface area (Å²) in [4.78, 5) is 0. The molecule has 0 radical (unpaired) electrons. The van der Waals surface area contributed by atoms with Crippen LogP contribution in [0.4, 0.5) is 0 Å². The van der Waals surface area contributed by atoms with E-state index in [1.807, 2.05) is 19.1 Å². The summed E-state index contributed by atoms with van der Waals surface area (Å²) >= 11 is 0. The smallest absolute Gasteiger partial charge is 0.122 e. The molecule has 3 nitrogen and oxygen atoms in total. The van der Waals surface area contributed by atoms with E-state index in [1.54, 1.807) is 0 Å². The fourth-order valence-corrected chi connectivity index (χ4v) is 2.26. The van der Waals surface area contributed by atoms with Crippen molar-refractivity contribution in [1.29, 1.82) is 0 Å². The number of hydrogen-bond acceptors (Lipinski definition) is 3. The van der Waals surface area contributed by atoms with E-state index >= 15 is 0 Å². The Balaban J connectivity index is 1.57. The van der Waals surface area contributed by atoms with Crippen molar-refractivity contribution in [3.8, 4) is 5.75 Å². The van der Waals surface area contributed by atoms with Crippen LogP contribution in [0.25, 0.3) is 0 Å². The number of furan rings is 1. The lowest BCUT2D eigenvalue weighted by molar-refractivity contribution is 0.357. The molecule has 18 heavy (non-hydrogen) atoms. The van der Waals surface area contributed by atoms with Gasteiger partial charge in [-0.15, -0.1) is 0 Å². The summed E-state index contributed by atoms with van der Waals surface area (Å²) in [5.74, 6) is 2.99. The van der Waals surface area contributed by atoms with E-state index in [1.165, 1.54) is 11.1 Å². The SMILES string of the molecule is Cc1ccc(CNCc2ccc3c(c2)CCO3)o1. The van der Waals surface area contributed by atoms with Crippen molar-refractivity contribution < 1.29 is 9.15 Å². The molecule has 2 heterocycles. The summed E-state index contributed by atoms with van der Waals surface area (Å²) in [6.07, 6.45) is 1.03. The van der Waals surface area contributed by atoms with Crippen molar-refractivity contribution in [2.45, 2.75) is 26.4 Å². The predicted octanol–water partition coefficient (Wildman–Crippen LogP) is 2.81. The molecule has 2 aromatic rings. The van der Waals surface area contributed by atoms with E-state index in [2.05, 4.69) is 23.5 Å². The number of benzene rings is 1. The van der Waals surface area contributed by atoms with Crippen molar-refractivity contribution in [3.63, 3.8) is 0 Å². The zero-order valence-corrected chi connectivity index (χ0v) is 10.5. The maximum atomic E-state index is 5.51. The third-order valence-corrected chi connectivity index (χ3v) is 3.18. The Labute approximate surface area is 107 Å². The van der Waals surface area contributed by atoms with Gasteiger partial charge < -0.3 is 14.5 Å². The van der Waals surface area contributed by atoms with Crippen molar-refractivity contribution in [1.82, 2.24) is 5.32 Å². The summed E-state index contributed by atoms with van der Waals surface area (Å²) in [5.41, 5.74) is 2.62. The van der Waals surface area contributed by atoms with E-state index in [-0.39, 0.29) is 0 Å². The number of aryl methyl sites for hydroxylation is 1. The van der Waals surface area contributed by atoms with Gasteiger partial charge in [-0.1, -0.05) is 12.1 Å². The van der Waals surface area contributed by atoms with E-state index in [0.717, 1.165) is 43.4 Å². The largest absolute Gasteiger partial charge is 0.493 e. The van der Waals surface area contributed by atoms with Crippen LogP contribution in [0.1, 0.15) is 22.6 Å². The molecular formula is C15H17NO2. The summed E-state index contributed by atoms with van der Waals surface area (Å²) in [7, 11) is 0. The summed E-state index contributed by atoms with van der Waals surface area (Å²) in [6.45, 7) is 4.40. The molecule has 94 valence electrons. The van der Waals surface area contributed by atoms with E-state index in [4.69, 9.17) is 9.15 Å². The van der Waals surface area contributed by atoms with Crippen LogP contribution in [0.3, 0.4) is 0 Å². The first-order chi connectivity index (χ1) is 8.81. The fourth-order valence-electron chi connectivity index (χ4n) is 2.26. The van der Waals surface area contributed by atoms with Crippen molar-refractivity contribution >= 4 is 0 Å². The molecule has 3 heteroatoms. The maximum Gasteiger partial charge on any atom is 0.122 e. The lowest BCUT2D eigenvalue weighted by Gasteiger charge is -2.05. The number of fused-ring (bicyclic) bond motifs is 1. The fraction of sp³-hybridized carbons (Fsp3) is 0.333. The molecule has 0 amide bonds. The highest BCUT2D eigenvalue weighted by Crippen LogP contribution is 2.25. The lowest BCUT2D eigenvalue weighted by atomic mass is 10.1. The van der Waals surface area contributed by atoms with Gasteiger partial charge >= 0.3 is 0 Å². The second kappa shape index (κ2) is 4.86. The van der Waals surface area contributed by atoms with Crippen LogP contribution in [-0.4, -0.2) is 6.61 Å². The first-order valence-electron chi connectivity index (χ1n) is 6.32. The Hall–Kier alpha value is -1.74. The molecule has 0 fully saturated rings. The topological polar surface area (TPSA) is 34.4 Å². The molecule has 0 unspecified atom stereocenters. The average molecular weight is 243 g/mol. The summed E-state index contributed by atoms with van der Waals surface area (Å²) in [6, 6.07) is 10.4. The molecule has 0 saturated carbocycles. The molecule has 0 aliphatic carbocycles. The molecule has 0 bridgehead atoms. The number of rotatable bonds is 4. The monoisotopic (exact) mass is 243 g/mol. The minimum Gasteiger partial charge on any atom is -0.493 e. The Morgan fingerprint density at radius 1 is 1.17 bits per heavy atom.